The summed E-state index contributed by atoms with van der Waals surface area (Å²) in [6, 6.07) is 9.43. The first-order valence-corrected chi connectivity index (χ1v) is 9.95. The zero-order chi connectivity index (χ0) is 20.1. The molecule has 150 valence electrons. The fourth-order valence-corrected chi connectivity index (χ4v) is 3.59. The zero-order valence-corrected chi connectivity index (χ0v) is 17.1. The van der Waals surface area contributed by atoms with Crippen molar-refractivity contribution >= 4 is 29.1 Å². The van der Waals surface area contributed by atoms with E-state index in [0.717, 1.165) is 18.8 Å². The van der Waals surface area contributed by atoms with Crippen molar-refractivity contribution in [1.82, 2.24) is 9.80 Å². The maximum Gasteiger partial charge on any atom is 0.257 e. The van der Waals surface area contributed by atoms with Crippen molar-refractivity contribution < 1.29 is 14.0 Å². The summed E-state index contributed by atoms with van der Waals surface area (Å²) in [5.74, 6) is -0.0290. The number of carbonyl (C=O) groups excluding carboxylic acids is 2. The molecular formula is C21H26ClN3O3. The molecule has 6 nitrogen and oxygen atoms in total. The smallest absolute Gasteiger partial charge is 0.257 e. The molecule has 0 spiro atoms. The summed E-state index contributed by atoms with van der Waals surface area (Å²) in [4.78, 5) is 31.1. The first-order chi connectivity index (χ1) is 13.5. The van der Waals surface area contributed by atoms with Crippen molar-refractivity contribution in [2.24, 2.45) is 0 Å². The van der Waals surface area contributed by atoms with Crippen LogP contribution < -0.4 is 4.90 Å². The fraction of sp³-hybridized carbons (Fsp3) is 0.429. The lowest BCUT2D eigenvalue weighted by atomic mass is 10.2. The van der Waals surface area contributed by atoms with Gasteiger partial charge in [0.05, 0.1) is 11.8 Å². The lowest BCUT2D eigenvalue weighted by Crippen LogP contribution is -2.49. The highest BCUT2D eigenvalue weighted by atomic mass is 35.5. The van der Waals surface area contributed by atoms with Gasteiger partial charge in [0.25, 0.3) is 5.91 Å². The monoisotopic (exact) mass is 403 g/mol. The van der Waals surface area contributed by atoms with Crippen LogP contribution in [0.1, 0.15) is 30.6 Å². The number of rotatable bonds is 6. The molecule has 2 amide bonds. The molecule has 1 saturated heterocycles. The molecule has 1 aromatic carbocycles. The average Bonchev–Trinajstić information content (AvgIpc) is 3.22. The number of carbonyl (C=O) groups is 2. The normalized spacial score (nSPS) is 14.4. The van der Waals surface area contributed by atoms with E-state index in [4.69, 9.17) is 16.0 Å². The third kappa shape index (κ3) is 4.87. The molecule has 1 fully saturated rings. The Hall–Kier alpha value is -2.47. The quantitative estimate of drug-likeness (QED) is 0.740. The van der Waals surface area contributed by atoms with Gasteiger partial charge in [0.15, 0.2) is 0 Å². The van der Waals surface area contributed by atoms with Crippen LogP contribution in [0.15, 0.2) is 47.3 Å². The van der Waals surface area contributed by atoms with Crippen molar-refractivity contribution in [2.75, 3.05) is 37.6 Å². The van der Waals surface area contributed by atoms with Crippen molar-refractivity contribution in [3.05, 3.63) is 53.4 Å². The molecule has 1 aliphatic heterocycles. The van der Waals surface area contributed by atoms with Crippen LogP contribution in [0.25, 0.3) is 0 Å². The van der Waals surface area contributed by atoms with Crippen LogP contribution in [0.2, 0.25) is 5.02 Å². The summed E-state index contributed by atoms with van der Waals surface area (Å²) in [5.41, 5.74) is 1.59. The number of nitrogens with zero attached hydrogens (tertiary/aromatic N) is 3. The number of halogens is 1. The van der Waals surface area contributed by atoms with Gasteiger partial charge in [-0.3, -0.25) is 9.59 Å². The highest BCUT2D eigenvalue weighted by Crippen LogP contribution is 2.21. The van der Waals surface area contributed by atoms with Crippen LogP contribution in [-0.2, 0) is 4.79 Å². The van der Waals surface area contributed by atoms with Gasteiger partial charge >= 0.3 is 0 Å². The summed E-state index contributed by atoms with van der Waals surface area (Å²) in [5, 5.41) is 0.715. The van der Waals surface area contributed by atoms with Crippen LogP contribution in [0.4, 0.5) is 5.69 Å². The number of piperazine rings is 1. The molecule has 0 radical (unpaired) electrons. The van der Waals surface area contributed by atoms with Crippen LogP contribution >= 0.6 is 11.6 Å². The molecule has 1 aromatic heterocycles. The minimum absolute atomic E-state index is 0.00914. The second-order valence-electron chi connectivity index (χ2n) is 7.20. The SMILES string of the molecule is CC(C)N(CCC(=O)N1CCN(c2cccc(Cl)c2)CC1)C(=O)c1ccoc1. The number of amides is 2. The largest absolute Gasteiger partial charge is 0.472 e. The Morgan fingerprint density at radius 3 is 2.54 bits per heavy atom. The van der Waals surface area contributed by atoms with Crippen LogP contribution in [0, 0.1) is 0 Å². The Bertz CT molecular complexity index is 799. The summed E-state index contributed by atoms with van der Waals surface area (Å²) >= 11 is 6.07. The molecule has 0 atom stereocenters. The number of hydrogen-bond acceptors (Lipinski definition) is 4. The maximum atomic E-state index is 12.7. The van der Waals surface area contributed by atoms with Gasteiger partial charge in [-0.05, 0) is 38.1 Å². The fourth-order valence-electron chi connectivity index (χ4n) is 3.41. The maximum absolute atomic E-state index is 12.7. The van der Waals surface area contributed by atoms with Crippen LogP contribution in [-0.4, -0.2) is 60.4 Å². The van der Waals surface area contributed by atoms with Gasteiger partial charge in [-0.2, -0.15) is 0 Å². The first-order valence-electron chi connectivity index (χ1n) is 9.57. The Kier molecular flexibility index (Phi) is 6.62. The lowest BCUT2D eigenvalue weighted by molar-refractivity contribution is -0.131. The Balaban J connectivity index is 1.51. The molecule has 0 saturated carbocycles. The molecule has 0 unspecified atom stereocenters. The van der Waals surface area contributed by atoms with E-state index in [2.05, 4.69) is 4.90 Å². The molecule has 3 rings (SSSR count). The number of hydrogen-bond donors (Lipinski definition) is 0. The molecule has 1 aliphatic rings. The van der Waals surface area contributed by atoms with Crippen molar-refractivity contribution in [2.45, 2.75) is 26.3 Å². The van der Waals surface area contributed by atoms with E-state index in [0.29, 0.717) is 36.6 Å². The second-order valence-corrected chi connectivity index (χ2v) is 7.64. The van der Waals surface area contributed by atoms with E-state index < -0.39 is 0 Å². The number of anilines is 1. The molecular weight excluding hydrogens is 378 g/mol. The predicted molar refractivity (Wildman–Crippen MR) is 110 cm³/mol. The standard InChI is InChI=1S/C21H26ClN3O3/c1-16(2)25(21(27)17-7-13-28-15-17)8-6-20(26)24-11-9-23(10-12-24)19-5-3-4-18(22)14-19/h3-5,7,13-16H,6,8-12H2,1-2H3. The molecule has 7 heteroatoms. The van der Waals surface area contributed by atoms with E-state index in [1.165, 1.54) is 12.5 Å². The van der Waals surface area contributed by atoms with Gasteiger partial charge in [0.2, 0.25) is 5.91 Å². The molecule has 0 bridgehead atoms. The first kappa shape index (κ1) is 20.3. The topological polar surface area (TPSA) is 57.0 Å². The van der Waals surface area contributed by atoms with E-state index in [9.17, 15) is 9.59 Å². The van der Waals surface area contributed by atoms with Gasteiger partial charge in [0.1, 0.15) is 6.26 Å². The molecule has 2 heterocycles. The number of furan rings is 1. The minimum atomic E-state index is -0.109. The van der Waals surface area contributed by atoms with Gasteiger partial charge in [-0.15, -0.1) is 0 Å². The lowest BCUT2D eigenvalue weighted by Gasteiger charge is -2.36. The van der Waals surface area contributed by atoms with Gasteiger partial charge in [-0.1, -0.05) is 17.7 Å². The Morgan fingerprint density at radius 2 is 1.93 bits per heavy atom. The van der Waals surface area contributed by atoms with Crippen LogP contribution in [0.5, 0.6) is 0 Å². The van der Waals surface area contributed by atoms with Crippen molar-refractivity contribution in [1.29, 1.82) is 0 Å². The Labute approximate surface area is 170 Å². The van der Waals surface area contributed by atoms with Gasteiger partial charge in [-0.25, -0.2) is 0 Å². The number of benzene rings is 1. The summed E-state index contributed by atoms with van der Waals surface area (Å²) in [7, 11) is 0. The zero-order valence-electron chi connectivity index (χ0n) is 16.3. The van der Waals surface area contributed by atoms with Crippen LogP contribution in [0.3, 0.4) is 0 Å². The molecule has 2 aromatic rings. The summed E-state index contributed by atoms with van der Waals surface area (Å²) in [6.07, 6.45) is 3.24. The van der Waals surface area contributed by atoms with E-state index >= 15 is 0 Å². The molecule has 0 N–H and O–H groups in total. The third-order valence-electron chi connectivity index (χ3n) is 5.02. The molecule has 0 aliphatic carbocycles. The average molecular weight is 404 g/mol. The summed E-state index contributed by atoms with van der Waals surface area (Å²) < 4.78 is 5.00. The van der Waals surface area contributed by atoms with E-state index in [-0.39, 0.29) is 17.9 Å². The highest BCUT2D eigenvalue weighted by Gasteiger charge is 2.24. The van der Waals surface area contributed by atoms with Gasteiger partial charge in [0, 0.05) is 55.9 Å². The van der Waals surface area contributed by atoms with E-state index in [1.807, 2.05) is 43.0 Å². The molecule has 28 heavy (non-hydrogen) atoms. The Morgan fingerprint density at radius 1 is 1.18 bits per heavy atom. The van der Waals surface area contributed by atoms with Crippen molar-refractivity contribution in [3.8, 4) is 0 Å². The predicted octanol–water partition coefficient (Wildman–Crippen LogP) is 3.52. The van der Waals surface area contributed by atoms with Gasteiger partial charge < -0.3 is 19.1 Å². The second kappa shape index (κ2) is 9.15. The minimum Gasteiger partial charge on any atom is -0.472 e. The third-order valence-corrected chi connectivity index (χ3v) is 5.26. The van der Waals surface area contributed by atoms with E-state index in [1.54, 1.807) is 11.0 Å². The summed E-state index contributed by atoms with van der Waals surface area (Å²) in [6.45, 7) is 7.18. The van der Waals surface area contributed by atoms with Crippen molar-refractivity contribution in [3.63, 3.8) is 0 Å². The highest BCUT2D eigenvalue weighted by molar-refractivity contribution is 6.30.